The van der Waals surface area contributed by atoms with Crippen LogP contribution in [0.5, 0.6) is 0 Å². The standard InChI is InChI=1S/C14H14N4OS/c1-9-13-11(6-7-15-9)18-14(20-13)16-12(17-18)5-4-10-3-2-8-19-10/h2-5,8-9,15H,6-7H2,1H3/b5-4+. The summed E-state index contributed by atoms with van der Waals surface area (Å²) in [7, 11) is 0. The van der Waals surface area contributed by atoms with Crippen LogP contribution in [-0.2, 0) is 6.42 Å². The van der Waals surface area contributed by atoms with Gasteiger partial charge < -0.3 is 9.73 Å². The highest BCUT2D eigenvalue weighted by Gasteiger charge is 2.23. The lowest BCUT2D eigenvalue weighted by atomic mass is 10.1. The van der Waals surface area contributed by atoms with E-state index in [1.165, 1.54) is 10.6 Å². The number of rotatable bonds is 2. The van der Waals surface area contributed by atoms with E-state index in [4.69, 9.17) is 4.42 Å². The molecule has 0 aliphatic carbocycles. The van der Waals surface area contributed by atoms with Crippen molar-refractivity contribution >= 4 is 28.4 Å². The molecule has 3 aromatic rings. The zero-order valence-corrected chi connectivity index (χ0v) is 11.9. The number of hydrogen-bond donors (Lipinski definition) is 1. The number of hydrogen-bond acceptors (Lipinski definition) is 5. The molecule has 1 aliphatic heterocycles. The molecule has 20 heavy (non-hydrogen) atoms. The number of thiazole rings is 1. The molecule has 0 spiro atoms. The Bertz CT molecular complexity index is 769. The Labute approximate surface area is 119 Å². The fourth-order valence-corrected chi connectivity index (χ4v) is 3.64. The highest BCUT2D eigenvalue weighted by Crippen LogP contribution is 2.30. The first-order valence-electron chi connectivity index (χ1n) is 6.64. The molecule has 4 heterocycles. The summed E-state index contributed by atoms with van der Waals surface area (Å²) in [5.41, 5.74) is 1.29. The van der Waals surface area contributed by atoms with E-state index in [0.29, 0.717) is 6.04 Å². The van der Waals surface area contributed by atoms with Gasteiger partial charge in [0.25, 0.3) is 0 Å². The smallest absolute Gasteiger partial charge is 0.213 e. The summed E-state index contributed by atoms with van der Waals surface area (Å²) in [4.78, 5) is 6.88. The van der Waals surface area contributed by atoms with Gasteiger partial charge in [-0.15, -0.1) is 5.10 Å². The summed E-state index contributed by atoms with van der Waals surface area (Å²) in [6.45, 7) is 3.18. The quantitative estimate of drug-likeness (QED) is 0.787. The van der Waals surface area contributed by atoms with Gasteiger partial charge in [0.15, 0.2) is 5.82 Å². The number of nitrogens with zero attached hydrogens (tertiary/aromatic N) is 3. The van der Waals surface area contributed by atoms with Crippen LogP contribution in [0.2, 0.25) is 0 Å². The van der Waals surface area contributed by atoms with E-state index < -0.39 is 0 Å². The van der Waals surface area contributed by atoms with Crippen LogP contribution in [0.4, 0.5) is 0 Å². The minimum Gasteiger partial charge on any atom is -0.465 e. The predicted molar refractivity (Wildman–Crippen MR) is 78.6 cm³/mol. The molecule has 0 amide bonds. The number of furan rings is 1. The molecular formula is C14H14N4OS. The summed E-state index contributed by atoms with van der Waals surface area (Å²) in [5, 5.41) is 8.04. The topological polar surface area (TPSA) is 55.4 Å². The maximum absolute atomic E-state index is 5.26. The van der Waals surface area contributed by atoms with Crippen molar-refractivity contribution in [3.05, 3.63) is 40.6 Å². The van der Waals surface area contributed by atoms with Crippen LogP contribution in [0.3, 0.4) is 0 Å². The zero-order valence-electron chi connectivity index (χ0n) is 11.0. The second kappa shape index (κ2) is 4.57. The Hall–Kier alpha value is -1.92. The minimum atomic E-state index is 0.398. The van der Waals surface area contributed by atoms with Crippen molar-refractivity contribution in [2.75, 3.05) is 6.54 Å². The summed E-state index contributed by atoms with van der Waals surface area (Å²) in [6, 6.07) is 4.17. The summed E-state index contributed by atoms with van der Waals surface area (Å²) in [6.07, 6.45) is 6.43. The van der Waals surface area contributed by atoms with E-state index in [1.54, 1.807) is 17.6 Å². The van der Waals surface area contributed by atoms with Crippen LogP contribution < -0.4 is 5.32 Å². The molecule has 3 aromatic heterocycles. The largest absolute Gasteiger partial charge is 0.465 e. The van der Waals surface area contributed by atoms with Gasteiger partial charge in [-0.25, -0.2) is 4.52 Å². The third-order valence-corrected chi connectivity index (χ3v) is 4.74. The monoisotopic (exact) mass is 286 g/mol. The van der Waals surface area contributed by atoms with Crippen molar-refractivity contribution in [3.8, 4) is 0 Å². The predicted octanol–water partition coefficient (Wildman–Crippen LogP) is 2.76. The van der Waals surface area contributed by atoms with E-state index in [0.717, 1.165) is 29.5 Å². The molecule has 1 N–H and O–H groups in total. The van der Waals surface area contributed by atoms with E-state index >= 15 is 0 Å². The van der Waals surface area contributed by atoms with E-state index in [1.807, 2.05) is 28.8 Å². The summed E-state index contributed by atoms with van der Waals surface area (Å²) in [5.74, 6) is 1.53. The Morgan fingerprint density at radius 3 is 3.30 bits per heavy atom. The third-order valence-electron chi connectivity index (χ3n) is 3.48. The van der Waals surface area contributed by atoms with Crippen LogP contribution in [0, 0.1) is 0 Å². The minimum absolute atomic E-state index is 0.398. The molecule has 0 radical (unpaired) electrons. The van der Waals surface area contributed by atoms with Crippen molar-refractivity contribution in [3.63, 3.8) is 0 Å². The molecule has 1 unspecified atom stereocenters. The van der Waals surface area contributed by atoms with E-state index in [2.05, 4.69) is 22.3 Å². The van der Waals surface area contributed by atoms with Crippen LogP contribution in [0.1, 0.15) is 35.1 Å². The molecule has 0 saturated heterocycles. The van der Waals surface area contributed by atoms with Crippen molar-refractivity contribution < 1.29 is 4.42 Å². The van der Waals surface area contributed by atoms with Crippen LogP contribution in [0.25, 0.3) is 17.1 Å². The molecule has 0 saturated carbocycles. The highest BCUT2D eigenvalue weighted by molar-refractivity contribution is 7.17. The Balaban J connectivity index is 1.71. The molecular weight excluding hydrogens is 272 g/mol. The average molecular weight is 286 g/mol. The first-order chi connectivity index (χ1) is 9.81. The first kappa shape index (κ1) is 11.9. The molecule has 0 aromatic carbocycles. The Kier molecular flexibility index (Phi) is 2.71. The molecule has 1 aliphatic rings. The highest BCUT2D eigenvalue weighted by atomic mass is 32.1. The lowest BCUT2D eigenvalue weighted by Crippen LogP contribution is -2.27. The van der Waals surface area contributed by atoms with Gasteiger partial charge in [-0.2, -0.15) is 4.98 Å². The van der Waals surface area contributed by atoms with Crippen molar-refractivity contribution in [2.24, 2.45) is 0 Å². The van der Waals surface area contributed by atoms with Gasteiger partial charge in [-0.05, 0) is 31.2 Å². The Morgan fingerprint density at radius 1 is 1.50 bits per heavy atom. The molecule has 0 bridgehead atoms. The van der Waals surface area contributed by atoms with Crippen LogP contribution in [0.15, 0.2) is 22.8 Å². The van der Waals surface area contributed by atoms with Gasteiger partial charge in [-0.1, -0.05) is 11.3 Å². The zero-order chi connectivity index (χ0) is 13.5. The lowest BCUT2D eigenvalue weighted by Gasteiger charge is -2.19. The fourth-order valence-electron chi connectivity index (χ4n) is 2.50. The normalized spacial score (nSPS) is 18.9. The SMILES string of the molecule is CC1NCCc2c1sc1nc(/C=C/c3ccco3)nn21. The van der Waals surface area contributed by atoms with Gasteiger partial charge >= 0.3 is 0 Å². The average Bonchev–Trinajstić information content (AvgIpc) is 3.12. The molecule has 4 rings (SSSR count). The second-order valence-electron chi connectivity index (χ2n) is 4.85. The Morgan fingerprint density at radius 2 is 2.45 bits per heavy atom. The molecule has 0 fully saturated rings. The van der Waals surface area contributed by atoms with Crippen LogP contribution in [-0.4, -0.2) is 21.1 Å². The van der Waals surface area contributed by atoms with Gasteiger partial charge in [0, 0.05) is 23.9 Å². The number of nitrogens with one attached hydrogen (secondary N) is 1. The first-order valence-corrected chi connectivity index (χ1v) is 7.46. The number of aromatic nitrogens is 3. The van der Waals surface area contributed by atoms with E-state index in [9.17, 15) is 0 Å². The maximum atomic E-state index is 5.26. The maximum Gasteiger partial charge on any atom is 0.213 e. The van der Waals surface area contributed by atoms with Gasteiger partial charge in [0.2, 0.25) is 4.96 Å². The molecule has 1 atom stereocenters. The third kappa shape index (κ3) is 1.88. The van der Waals surface area contributed by atoms with Crippen molar-refractivity contribution in [2.45, 2.75) is 19.4 Å². The van der Waals surface area contributed by atoms with Crippen LogP contribution >= 0.6 is 11.3 Å². The van der Waals surface area contributed by atoms with Gasteiger partial charge in [-0.3, -0.25) is 0 Å². The summed E-state index contributed by atoms with van der Waals surface area (Å²) >= 11 is 1.72. The molecule has 102 valence electrons. The van der Waals surface area contributed by atoms with E-state index in [-0.39, 0.29) is 0 Å². The molecule has 5 nitrogen and oxygen atoms in total. The second-order valence-corrected chi connectivity index (χ2v) is 5.86. The fraction of sp³-hybridized carbons (Fsp3) is 0.286. The van der Waals surface area contributed by atoms with Crippen molar-refractivity contribution in [1.82, 2.24) is 19.9 Å². The lowest BCUT2D eigenvalue weighted by molar-refractivity contribution is 0.537. The van der Waals surface area contributed by atoms with Gasteiger partial charge in [0.05, 0.1) is 12.0 Å². The van der Waals surface area contributed by atoms with Crippen molar-refractivity contribution in [1.29, 1.82) is 0 Å². The number of fused-ring (bicyclic) bond motifs is 3. The molecule has 6 heteroatoms. The summed E-state index contributed by atoms with van der Waals surface area (Å²) < 4.78 is 7.25. The van der Waals surface area contributed by atoms with Gasteiger partial charge in [0.1, 0.15) is 5.76 Å².